The molecule has 18 heavy (non-hydrogen) atoms. The molecule has 1 aromatic heterocycles. The number of hydrogen-bond donors (Lipinski definition) is 1. The van der Waals surface area contributed by atoms with Gasteiger partial charge in [0.05, 0.1) is 5.69 Å². The van der Waals surface area contributed by atoms with Crippen molar-refractivity contribution in [2.24, 2.45) is 0 Å². The zero-order valence-electron chi connectivity index (χ0n) is 13.4. The number of hydrogen-bond acceptors (Lipinski definition) is 1. The highest BCUT2D eigenvalue weighted by Gasteiger charge is 2.30. The molecule has 0 unspecified atom stereocenters. The molecule has 0 spiro atoms. The summed E-state index contributed by atoms with van der Waals surface area (Å²) in [5.41, 5.74) is 2.86. The Kier molecular flexibility index (Phi) is 4.30. The van der Waals surface area contributed by atoms with Crippen LogP contribution in [0.5, 0.6) is 0 Å². The van der Waals surface area contributed by atoms with Crippen molar-refractivity contribution in [2.75, 3.05) is 0 Å². The molecule has 1 aromatic rings. The van der Waals surface area contributed by atoms with Crippen molar-refractivity contribution in [3.8, 4) is 0 Å². The van der Waals surface area contributed by atoms with Crippen LogP contribution in [-0.2, 0) is 10.8 Å². The van der Waals surface area contributed by atoms with E-state index in [4.69, 9.17) is 4.98 Å². The van der Waals surface area contributed by atoms with Crippen LogP contribution in [0, 0.1) is 0 Å². The second-order valence-corrected chi connectivity index (χ2v) is 6.98. The Hall–Kier alpha value is -0.790. The van der Waals surface area contributed by atoms with Gasteiger partial charge >= 0.3 is 0 Å². The van der Waals surface area contributed by atoms with Crippen molar-refractivity contribution in [3.63, 3.8) is 0 Å². The number of nitrogens with zero attached hydrogens (tertiary/aromatic N) is 1. The van der Waals surface area contributed by atoms with E-state index in [0.29, 0.717) is 5.92 Å². The first-order valence-electron chi connectivity index (χ1n) is 7.26. The first-order valence-corrected chi connectivity index (χ1v) is 7.26. The largest absolute Gasteiger partial charge is 0.345 e. The highest BCUT2D eigenvalue weighted by atomic mass is 15.0. The van der Waals surface area contributed by atoms with Crippen LogP contribution in [0.15, 0.2) is 0 Å². The summed E-state index contributed by atoms with van der Waals surface area (Å²) in [6.07, 6.45) is 2.22. The second-order valence-electron chi connectivity index (χ2n) is 6.98. The van der Waals surface area contributed by atoms with E-state index in [1.807, 2.05) is 0 Å². The van der Waals surface area contributed by atoms with Crippen LogP contribution in [0.2, 0.25) is 0 Å². The van der Waals surface area contributed by atoms with Crippen molar-refractivity contribution in [2.45, 2.75) is 85.0 Å². The van der Waals surface area contributed by atoms with Gasteiger partial charge in [-0.1, -0.05) is 55.4 Å². The molecule has 0 aliphatic carbocycles. The maximum Gasteiger partial charge on any atom is 0.112 e. The number of rotatable bonds is 5. The highest BCUT2D eigenvalue weighted by molar-refractivity contribution is 5.27. The average molecular weight is 250 g/mol. The zero-order valence-corrected chi connectivity index (χ0v) is 13.4. The van der Waals surface area contributed by atoms with Gasteiger partial charge in [0.2, 0.25) is 0 Å². The number of H-pyrrole nitrogens is 1. The first-order chi connectivity index (χ1) is 8.15. The predicted molar refractivity (Wildman–Crippen MR) is 79.3 cm³/mol. The Morgan fingerprint density at radius 3 is 1.89 bits per heavy atom. The molecule has 0 aromatic carbocycles. The predicted octanol–water partition coefficient (Wildman–Crippen LogP) is 4.91. The molecule has 1 heterocycles. The SMILES string of the molecule is CCC(C)(C)c1nc(C(C)(C)CC)c(C(C)C)[nH]1. The van der Waals surface area contributed by atoms with E-state index in [2.05, 4.69) is 60.4 Å². The van der Waals surface area contributed by atoms with Gasteiger partial charge in [-0.25, -0.2) is 4.98 Å². The third-order valence-corrected chi connectivity index (χ3v) is 4.36. The zero-order chi connectivity index (χ0) is 14.1. The fourth-order valence-electron chi connectivity index (χ4n) is 1.98. The van der Waals surface area contributed by atoms with E-state index in [-0.39, 0.29) is 10.8 Å². The molecule has 104 valence electrons. The smallest absolute Gasteiger partial charge is 0.112 e. The van der Waals surface area contributed by atoms with E-state index < -0.39 is 0 Å². The lowest BCUT2D eigenvalue weighted by Crippen LogP contribution is -2.20. The molecular formula is C16H30N2. The van der Waals surface area contributed by atoms with Crippen molar-refractivity contribution in [3.05, 3.63) is 17.2 Å². The molecule has 0 radical (unpaired) electrons. The first kappa shape index (κ1) is 15.3. The number of aromatic amines is 1. The summed E-state index contributed by atoms with van der Waals surface area (Å²) < 4.78 is 0. The molecule has 0 saturated carbocycles. The summed E-state index contributed by atoms with van der Waals surface area (Å²) in [5.74, 6) is 1.64. The Balaban J connectivity index is 3.34. The van der Waals surface area contributed by atoms with Gasteiger partial charge in [0.1, 0.15) is 5.82 Å². The van der Waals surface area contributed by atoms with Crippen LogP contribution in [0.4, 0.5) is 0 Å². The Labute approximate surface area is 113 Å². The molecule has 0 aliphatic heterocycles. The minimum Gasteiger partial charge on any atom is -0.345 e. The molecule has 2 nitrogen and oxygen atoms in total. The lowest BCUT2D eigenvalue weighted by atomic mass is 9.83. The summed E-state index contributed by atoms with van der Waals surface area (Å²) in [5, 5.41) is 0. The van der Waals surface area contributed by atoms with Gasteiger partial charge in [0.25, 0.3) is 0 Å². The Morgan fingerprint density at radius 2 is 1.50 bits per heavy atom. The van der Waals surface area contributed by atoms with Crippen LogP contribution in [0.3, 0.4) is 0 Å². The highest BCUT2D eigenvalue weighted by Crippen LogP contribution is 2.34. The van der Waals surface area contributed by atoms with Gasteiger partial charge in [-0.3, -0.25) is 0 Å². The van der Waals surface area contributed by atoms with E-state index in [1.165, 1.54) is 11.4 Å². The average Bonchev–Trinajstić information content (AvgIpc) is 2.75. The number of nitrogens with one attached hydrogen (secondary N) is 1. The fourth-order valence-corrected chi connectivity index (χ4v) is 1.98. The molecule has 0 aliphatic rings. The Bertz CT molecular complexity index is 397. The molecule has 0 saturated heterocycles. The molecule has 0 amide bonds. The minimum absolute atomic E-state index is 0.131. The van der Waals surface area contributed by atoms with Crippen molar-refractivity contribution < 1.29 is 0 Å². The van der Waals surface area contributed by atoms with Crippen molar-refractivity contribution in [1.29, 1.82) is 0 Å². The van der Waals surface area contributed by atoms with Crippen LogP contribution in [0.1, 0.15) is 91.4 Å². The molecule has 1 rings (SSSR count). The van der Waals surface area contributed by atoms with E-state index in [9.17, 15) is 0 Å². The second kappa shape index (κ2) is 5.07. The maximum atomic E-state index is 4.96. The van der Waals surface area contributed by atoms with Crippen molar-refractivity contribution in [1.82, 2.24) is 9.97 Å². The molecule has 0 fully saturated rings. The summed E-state index contributed by atoms with van der Waals surface area (Å²) in [6, 6.07) is 0. The monoisotopic (exact) mass is 250 g/mol. The summed E-state index contributed by atoms with van der Waals surface area (Å²) in [6.45, 7) is 18.1. The third kappa shape index (κ3) is 2.78. The lowest BCUT2D eigenvalue weighted by molar-refractivity contribution is 0.462. The topological polar surface area (TPSA) is 28.7 Å². The fraction of sp³-hybridized carbons (Fsp3) is 0.812. The Morgan fingerprint density at radius 1 is 1.00 bits per heavy atom. The summed E-state index contributed by atoms with van der Waals surface area (Å²) >= 11 is 0. The lowest BCUT2D eigenvalue weighted by Gasteiger charge is -2.23. The van der Waals surface area contributed by atoms with Gasteiger partial charge in [-0.05, 0) is 18.8 Å². The molecule has 1 N–H and O–H groups in total. The van der Waals surface area contributed by atoms with Gasteiger partial charge in [-0.2, -0.15) is 0 Å². The van der Waals surface area contributed by atoms with Gasteiger partial charge in [0, 0.05) is 16.5 Å². The summed E-state index contributed by atoms with van der Waals surface area (Å²) in [4.78, 5) is 8.56. The normalized spacial score (nSPS) is 13.4. The van der Waals surface area contributed by atoms with E-state index in [1.54, 1.807) is 0 Å². The third-order valence-electron chi connectivity index (χ3n) is 4.36. The molecule has 0 bridgehead atoms. The van der Waals surface area contributed by atoms with Gasteiger partial charge in [0.15, 0.2) is 0 Å². The number of aromatic nitrogens is 2. The number of imidazole rings is 1. The van der Waals surface area contributed by atoms with Crippen molar-refractivity contribution >= 4 is 0 Å². The van der Waals surface area contributed by atoms with Crippen LogP contribution < -0.4 is 0 Å². The van der Waals surface area contributed by atoms with Gasteiger partial charge < -0.3 is 4.98 Å². The van der Waals surface area contributed by atoms with Gasteiger partial charge in [-0.15, -0.1) is 0 Å². The quantitative estimate of drug-likeness (QED) is 0.790. The molecule has 2 heteroatoms. The van der Waals surface area contributed by atoms with Crippen LogP contribution in [0.25, 0.3) is 0 Å². The van der Waals surface area contributed by atoms with Crippen LogP contribution >= 0.6 is 0 Å². The minimum atomic E-state index is 0.131. The van der Waals surface area contributed by atoms with Crippen LogP contribution in [-0.4, -0.2) is 9.97 Å². The molecule has 0 atom stereocenters. The summed E-state index contributed by atoms with van der Waals surface area (Å²) in [7, 11) is 0. The standard InChI is InChI=1S/C16H30N2/c1-9-15(5,6)13-12(11(3)4)17-14(18-13)16(7,8)10-2/h11H,9-10H2,1-8H3,(H,17,18). The molecular weight excluding hydrogens is 220 g/mol. The van der Waals surface area contributed by atoms with E-state index in [0.717, 1.165) is 18.7 Å². The maximum absolute atomic E-state index is 4.96. The van der Waals surface area contributed by atoms with E-state index >= 15 is 0 Å².